The molecule has 0 bridgehead atoms. The van der Waals surface area contributed by atoms with Gasteiger partial charge in [-0.25, -0.2) is 9.38 Å². The van der Waals surface area contributed by atoms with Gasteiger partial charge in [0, 0.05) is 31.6 Å². The number of morpholine rings is 1. The molecule has 1 aliphatic rings. The Morgan fingerprint density at radius 3 is 2.44 bits per heavy atom. The molecule has 140 valence electrons. The van der Waals surface area contributed by atoms with Gasteiger partial charge >= 0.3 is 0 Å². The van der Waals surface area contributed by atoms with E-state index in [-0.39, 0.29) is 5.82 Å². The zero-order chi connectivity index (χ0) is 18.5. The maximum atomic E-state index is 13.3. The normalized spacial score (nSPS) is 16.0. The Balaban J connectivity index is 1.68. The minimum atomic E-state index is -0.219. The molecular formula is C21H22FN3OS. The largest absolute Gasteiger partial charge is 0.379 e. The summed E-state index contributed by atoms with van der Waals surface area (Å²) < 4.78 is 21.0. The lowest BCUT2D eigenvalue weighted by Gasteiger charge is -2.26. The van der Waals surface area contributed by atoms with E-state index in [1.807, 2.05) is 42.5 Å². The van der Waals surface area contributed by atoms with Crippen LogP contribution in [0.1, 0.15) is 0 Å². The van der Waals surface area contributed by atoms with Gasteiger partial charge in [0.05, 0.1) is 24.6 Å². The van der Waals surface area contributed by atoms with Gasteiger partial charge in [0.1, 0.15) is 5.82 Å². The number of ether oxygens (including phenoxy) is 1. The molecule has 0 radical (unpaired) electrons. The minimum Gasteiger partial charge on any atom is -0.379 e. The average Bonchev–Trinajstić information content (AvgIpc) is 3.11. The highest BCUT2D eigenvalue weighted by Gasteiger charge is 2.13. The molecule has 0 unspecified atom stereocenters. The van der Waals surface area contributed by atoms with E-state index in [0.717, 1.165) is 61.1 Å². The molecule has 0 saturated carbocycles. The molecule has 4 nitrogen and oxygen atoms in total. The zero-order valence-electron chi connectivity index (χ0n) is 15.1. The van der Waals surface area contributed by atoms with Crippen LogP contribution in [0.2, 0.25) is 0 Å². The Hall–Kier alpha value is -2.28. The summed E-state index contributed by atoms with van der Waals surface area (Å²) in [6.45, 7) is 5.28. The fourth-order valence-electron chi connectivity index (χ4n) is 3.17. The number of para-hydroxylation sites is 1. The number of thiazole rings is 1. The number of benzene rings is 2. The van der Waals surface area contributed by atoms with Crippen LogP contribution in [0.3, 0.4) is 0 Å². The molecule has 0 spiro atoms. The van der Waals surface area contributed by atoms with Crippen molar-refractivity contribution in [3.05, 3.63) is 70.6 Å². The molecule has 1 aliphatic heterocycles. The van der Waals surface area contributed by atoms with Crippen LogP contribution in [0.15, 0.2) is 65.0 Å². The molecule has 27 heavy (non-hydrogen) atoms. The SMILES string of the molecule is Fc1ccc(-c2csc(=Nc3ccccc3)n2CCN2CCOCC2)cc1. The van der Waals surface area contributed by atoms with Crippen molar-refractivity contribution in [2.45, 2.75) is 6.54 Å². The number of nitrogens with zero attached hydrogens (tertiary/aromatic N) is 3. The van der Waals surface area contributed by atoms with Crippen LogP contribution in [-0.4, -0.2) is 42.3 Å². The highest BCUT2D eigenvalue weighted by atomic mass is 32.1. The lowest BCUT2D eigenvalue weighted by atomic mass is 10.1. The van der Waals surface area contributed by atoms with E-state index in [0.29, 0.717) is 0 Å². The minimum absolute atomic E-state index is 0.219. The van der Waals surface area contributed by atoms with Crippen molar-refractivity contribution in [1.29, 1.82) is 0 Å². The van der Waals surface area contributed by atoms with Gasteiger partial charge in [-0.1, -0.05) is 18.2 Å². The first kappa shape index (κ1) is 18.1. The molecule has 2 heterocycles. The molecule has 0 amide bonds. The van der Waals surface area contributed by atoms with E-state index in [9.17, 15) is 4.39 Å². The summed E-state index contributed by atoms with van der Waals surface area (Å²) in [6.07, 6.45) is 0. The topological polar surface area (TPSA) is 29.8 Å². The highest BCUT2D eigenvalue weighted by molar-refractivity contribution is 7.07. The third kappa shape index (κ3) is 4.53. The number of hydrogen-bond donors (Lipinski definition) is 0. The van der Waals surface area contributed by atoms with Gasteiger partial charge in [-0.05, 0) is 42.0 Å². The van der Waals surface area contributed by atoms with Gasteiger partial charge in [-0.15, -0.1) is 11.3 Å². The van der Waals surface area contributed by atoms with Crippen LogP contribution in [0, 0.1) is 5.82 Å². The van der Waals surface area contributed by atoms with Crippen molar-refractivity contribution in [3.8, 4) is 11.3 Å². The molecule has 1 saturated heterocycles. The predicted molar refractivity (Wildman–Crippen MR) is 107 cm³/mol. The van der Waals surface area contributed by atoms with Gasteiger partial charge in [0.2, 0.25) is 0 Å². The van der Waals surface area contributed by atoms with E-state index < -0.39 is 0 Å². The quantitative estimate of drug-likeness (QED) is 0.668. The van der Waals surface area contributed by atoms with Gasteiger partial charge < -0.3 is 9.30 Å². The monoisotopic (exact) mass is 383 g/mol. The van der Waals surface area contributed by atoms with Gasteiger partial charge in [0.15, 0.2) is 4.80 Å². The van der Waals surface area contributed by atoms with Gasteiger partial charge in [-0.3, -0.25) is 4.90 Å². The third-order valence-electron chi connectivity index (χ3n) is 4.66. The van der Waals surface area contributed by atoms with Crippen LogP contribution < -0.4 is 4.80 Å². The summed E-state index contributed by atoms with van der Waals surface area (Å²) in [7, 11) is 0. The lowest BCUT2D eigenvalue weighted by Crippen LogP contribution is -2.39. The van der Waals surface area contributed by atoms with E-state index >= 15 is 0 Å². The van der Waals surface area contributed by atoms with Crippen LogP contribution in [0.4, 0.5) is 10.1 Å². The smallest absolute Gasteiger partial charge is 0.190 e. The molecule has 0 N–H and O–H groups in total. The van der Waals surface area contributed by atoms with E-state index in [1.54, 1.807) is 11.3 Å². The molecule has 3 aromatic rings. The molecular weight excluding hydrogens is 361 g/mol. The Labute approximate surface area is 162 Å². The number of aromatic nitrogens is 1. The Morgan fingerprint density at radius 2 is 1.70 bits per heavy atom. The molecule has 0 atom stereocenters. The number of hydrogen-bond acceptors (Lipinski definition) is 4. The summed E-state index contributed by atoms with van der Waals surface area (Å²) in [5.74, 6) is -0.219. The molecule has 4 rings (SSSR count). The van der Waals surface area contributed by atoms with Gasteiger partial charge in [-0.2, -0.15) is 0 Å². The van der Waals surface area contributed by atoms with Crippen molar-refractivity contribution in [2.75, 3.05) is 32.8 Å². The fraction of sp³-hybridized carbons (Fsp3) is 0.286. The first-order valence-corrected chi connectivity index (χ1v) is 10.0. The van der Waals surface area contributed by atoms with Crippen LogP contribution >= 0.6 is 11.3 Å². The number of halogens is 1. The zero-order valence-corrected chi connectivity index (χ0v) is 15.9. The molecule has 2 aromatic carbocycles. The first-order valence-electron chi connectivity index (χ1n) is 9.14. The van der Waals surface area contributed by atoms with Crippen LogP contribution in [0.25, 0.3) is 11.3 Å². The standard InChI is InChI=1S/C21H22FN3OS/c22-18-8-6-17(7-9-18)20-16-27-21(23-19-4-2-1-3-5-19)25(20)11-10-24-12-14-26-15-13-24/h1-9,16H,10-15H2. The highest BCUT2D eigenvalue weighted by Crippen LogP contribution is 2.21. The van der Waals surface area contributed by atoms with Crippen LogP contribution in [0.5, 0.6) is 0 Å². The van der Waals surface area contributed by atoms with Crippen molar-refractivity contribution >= 4 is 17.0 Å². The summed E-state index contributed by atoms with van der Waals surface area (Å²) in [6, 6.07) is 16.7. The summed E-state index contributed by atoms with van der Waals surface area (Å²) in [5, 5.41) is 2.11. The maximum Gasteiger partial charge on any atom is 0.190 e. The Kier molecular flexibility index (Phi) is 5.77. The van der Waals surface area contributed by atoms with Crippen molar-refractivity contribution < 1.29 is 9.13 Å². The average molecular weight is 383 g/mol. The summed E-state index contributed by atoms with van der Waals surface area (Å²) >= 11 is 1.62. The van der Waals surface area contributed by atoms with Crippen molar-refractivity contribution in [1.82, 2.24) is 9.47 Å². The molecule has 1 aromatic heterocycles. The second-order valence-corrected chi connectivity index (χ2v) is 7.30. The maximum absolute atomic E-state index is 13.3. The third-order valence-corrected chi connectivity index (χ3v) is 5.53. The van der Waals surface area contributed by atoms with Gasteiger partial charge in [0.25, 0.3) is 0 Å². The predicted octanol–water partition coefficient (Wildman–Crippen LogP) is 3.92. The van der Waals surface area contributed by atoms with Crippen molar-refractivity contribution in [2.24, 2.45) is 4.99 Å². The molecule has 0 aliphatic carbocycles. The van der Waals surface area contributed by atoms with E-state index in [2.05, 4.69) is 14.8 Å². The fourth-order valence-corrected chi connectivity index (χ4v) is 4.12. The van der Waals surface area contributed by atoms with Crippen molar-refractivity contribution in [3.63, 3.8) is 0 Å². The lowest BCUT2D eigenvalue weighted by molar-refractivity contribution is 0.0363. The van der Waals surface area contributed by atoms with E-state index in [4.69, 9.17) is 9.73 Å². The van der Waals surface area contributed by atoms with Crippen LogP contribution in [-0.2, 0) is 11.3 Å². The Bertz CT molecular complexity index is 928. The second kappa shape index (κ2) is 8.61. The molecule has 6 heteroatoms. The summed E-state index contributed by atoms with van der Waals surface area (Å²) in [5.41, 5.74) is 3.01. The molecule has 1 fully saturated rings. The number of rotatable bonds is 5. The second-order valence-electron chi connectivity index (χ2n) is 6.46. The Morgan fingerprint density at radius 1 is 0.963 bits per heavy atom. The van der Waals surface area contributed by atoms with E-state index in [1.165, 1.54) is 12.1 Å². The summed E-state index contributed by atoms with van der Waals surface area (Å²) in [4.78, 5) is 8.20. The first-order chi connectivity index (χ1) is 13.3.